The van der Waals surface area contributed by atoms with Crippen molar-refractivity contribution in [1.29, 1.82) is 0 Å². The third-order valence-corrected chi connectivity index (χ3v) is 5.09. The predicted octanol–water partition coefficient (Wildman–Crippen LogP) is 2.49. The molecule has 0 atom stereocenters. The van der Waals surface area contributed by atoms with Gasteiger partial charge in [0.15, 0.2) is 5.82 Å². The van der Waals surface area contributed by atoms with Crippen molar-refractivity contribution in [2.45, 2.75) is 37.8 Å². The van der Waals surface area contributed by atoms with Crippen LogP contribution in [-0.4, -0.2) is 46.2 Å². The Labute approximate surface area is 153 Å². The largest absolute Gasteiger partial charge is 0.393 e. The van der Waals surface area contributed by atoms with E-state index in [0.29, 0.717) is 6.04 Å². The van der Waals surface area contributed by atoms with Crippen LogP contribution in [0.25, 0.3) is 17.3 Å². The molecular formula is C19H26N6O. The second-order valence-corrected chi connectivity index (χ2v) is 7.21. The Morgan fingerprint density at radius 1 is 1.12 bits per heavy atom. The van der Waals surface area contributed by atoms with Gasteiger partial charge in [-0.3, -0.25) is 5.43 Å². The van der Waals surface area contributed by atoms with E-state index in [4.69, 9.17) is 0 Å². The van der Waals surface area contributed by atoms with E-state index in [1.165, 1.54) is 5.69 Å². The van der Waals surface area contributed by atoms with Gasteiger partial charge in [-0.15, -0.1) is 0 Å². The van der Waals surface area contributed by atoms with Crippen LogP contribution < -0.4 is 15.8 Å². The Balaban J connectivity index is 1.49. The fourth-order valence-electron chi connectivity index (χ4n) is 3.50. The highest BCUT2D eigenvalue weighted by Crippen LogP contribution is 2.31. The average molecular weight is 354 g/mol. The number of aliphatic hydroxyl groups is 1. The summed E-state index contributed by atoms with van der Waals surface area (Å²) in [5.74, 6) is 0.938. The SMILES string of the molecule is CN(C)c1ccc(-c2cnn3c2NN(NC2CCC(O)CC2)C=C3)cc1. The van der Waals surface area contributed by atoms with Gasteiger partial charge in [0.1, 0.15) is 0 Å². The number of hydrogen-bond donors (Lipinski definition) is 3. The van der Waals surface area contributed by atoms with Gasteiger partial charge >= 0.3 is 0 Å². The molecule has 0 unspecified atom stereocenters. The Morgan fingerprint density at radius 3 is 2.54 bits per heavy atom. The third kappa shape index (κ3) is 3.40. The predicted molar refractivity (Wildman–Crippen MR) is 104 cm³/mol. The summed E-state index contributed by atoms with van der Waals surface area (Å²) in [6.45, 7) is 0. The number of hydrogen-bond acceptors (Lipinski definition) is 6. The Hall–Kier alpha value is -2.51. The van der Waals surface area contributed by atoms with Crippen molar-refractivity contribution in [1.82, 2.24) is 20.3 Å². The zero-order valence-corrected chi connectivity index (χ0v) is 15.3. The van der Waals surface area contributed by atoms with Gasteiger partial charge in [-0.2, -0.15) is 5.10 Å². The first kappa shape index (κ1) is 16.9. The van der Waals surface area contributed by atoms with Crippen LogP contribution in [0.2, 0.25) is 0 Å². The molecule has 1 aliphatic heterocycles. The fraction of sp³-hybridized carbons (Fsp3) is 0.421. The molecule has 1 fully saturated rings. The van der Waals surface area contributed by atoms with E-state index in [2.05, 4.69) is 45.1 Å². The van der Waals surface area contributed by atoms with Crippen LogP contribution in [0.4, 0.5) is 11.5 Å². The van der Waals surface area contributed by atoms with Crippen molar-refractivity contribution in [2.24, 2.45) is 0 Å². The molecule has 138 valence electrons. The monoisotopic (exact) mass is 354 g/mol. The topological polar surface area (TPSA) is 68.6 Å². The van der Waals surface area contributed by atoms with E-state index in [9.17, 15) is 5.11 Å². The minimum Gasteiger partial charge on any atom is -0.393 e. The Morgan fingerprint density at radius 2 is 1.85 bits per heavy atom. The molecule has 0 radical (unpaired) electrons. The van der Waals surface area contributed by atoms with Crippen molar-refractivity contribution in [2.75, 3.05) is 24.4 Å². The van der Waals surface area contributed by atoms with Crippen LogP contribution in [0.15, 0.2) is 36.7 Å². The quantitative estimate of drug-likeness (QED) is 0.784. The first-order valence-electron chi connectivity index (χ1n) is 9.14. The standard InChI is InChI=1S/C19H26N6O/c1-23(2)16-7-3-14(4-8-16)18-13-20-24-11-12-25(22-19(18)24)21-15-5-9-17(26)10-6-15/h3-4,7-8,11-13,15,17,21-22,26H,5-6,9-10H2,1-2H3. The Bertz CT molecular complexity index is 774. The first-order valence-corrected chi connectivity index (χ1v) is 9.14. The maximum absolute atomic E-state index is 9.67. The lowest BCUT2D eigenvalue weighted by Gasteiger charge is -2.33. The highest BCUT2D eigenvalue weighted by Gasteiger charge is 2.23. The van der Waals surface area contributed by atoms with Crippen LogP contribution in [0.3, 0.4) is 0 Å². The fourth-order valence-corrected chi connectivity index (χ4v) is 3.50. The average Bonchev–Trinajstić information content (AvgIpc) is 3.07. The first-order chi connectivity index (χ1) is 12.6. The molecule has 2 heterocycles. The van der Waals surface area contributed by atoms with Gasteiger partial charge in [0, 0.05) is 31.4 Å². The zero-order chi connectivity index (χ0) is 18.1. The minimum absolute atomic E-state index is 0.143. The molecule has 1 aliphatic carbocycles. The molecule has 1 aromatic heterocycles. The maximum atomic E-state index is 9.67. The van der Waals surface area contributed by atoms with Crippen molar-refractivity contribution in [3.05, 3.63) is 36.7 Å². The highest BCUT2D eigenvalue weighted by molar-refractivity contribution is 5.77. The van der Waals surface area contributed by atoms with E-state index in [1.807, 2.05) is 42.5 Å². The van der Waals surface area contributed by atoms with E-state index in [-0.39, 0.29) is 6.10 Å². The van der Waals surface area contributed by atoms with E-state index in [0.717, 1.165) is 42.6 Å². The third-order valence-electron chi connectivity index (χ3n) is 5.09. The number of anilines is 2. The van der Waals surface area contributed by atoms with Crippen molar-refractivity contribution in [3.8, 4) is 11.1 Å². The van der Waals surface area contributed by atoms with E-state index < -0.39 is 0 Å². The number of hydrazine groups is 2. The summed E-state index contributed by atoms with van der Waals surface area (Å²) in [6, 6.07) is 8.83. The van der Waals surface area contributed by atoms with E-state index >= 15 is 0 Å². The Kier molecular flexibility index (Phi) is 4.57. The highest BCUT2D eigenvalue weighted by atomic mass is 16.3. The molecule has 0 bridgehead atoms. The van der Waals surface area contributed by atoms with Crippen LogP contribution in [-0.2, 0) is 0 Å². The van der Waals surface area contributed by atoms with E-state index in [1.54, 1.807) is 0 Å². The molecule has 3 N–H and O–H groups in total. The zero-order valence-electron chi connectivity index (χ0n) is 15.3. The second-order valence-electron chi connectivity index (χ2n) is 7.21. The summed E-state index contributed by atoms with van der Waals surface area (Å²) in [6.07, 6.45) is 9.29. The summed E-state index contributed by atoms with van der Waals surface area (Å²) in [5.41, 5.74) is 10.2. The number of aliphatic hydroxyl groups excluding tert-OH is 1. The summed E-state index contributed by atoms with van der Waals surface area (Å²) >= 11 is 0. The molecule has 0 amide bonds. The van der Waals surface area contributed by atoms with Crippen LogP contribution >= 0.6 is 0 Å². The van der Waals surface area contributed by atoms with Crippen molar-refractivity contribution in [3.63, 3.8) is 0 Å². The molecule has 1 aromatic carbocycles. The summed E-state index contributed by atoms with van der Waals surface area (Å²) in [5, 5.41) is 16.0. The number of aromatic nitrogens is 2. The van der Waals surface area contributed by atoms with Gasteiger partial charge in [-0.05, 0) is 43.4 Å². The lowest BCUT2D eigenvalue weighted by molar-refractivity contribution is 0.101. The molecule has 0 spiro atoms. The number of benzene rings is 1. The van der Waals surface area contributed by atoms with Crippen LogP contribution in [0, 0.1) is 0 Å². The lowest BCUT2D eigenvalue weighted by Crippen LogP contribution is -2.47. The van der Waals surface area contributed by atoms with Gasteiger partial charge in [0.05, 0.1) is 24.7 Å². The molecule has 7 nitrogen and oxygen atoms in total. The summed E-state index contributed by atoms with van der Waals surface area (Å²) < 4.78 is 1.85. The van der Waals surface area contributed by atoms with Gasteiger partial charge < -0.3 is 10.0 Å². The number of fused-ring (bicyclic) bond motifs is 1. The van der Waals surface area contributed by atoms with Gasteiger partial charge in [0.25, 0.3) is 0 Å². The van der Waals surface area contributed by atoms with Crippen LogP contribution in [0.5, 0.6) is 0 Å². The molecule has 4 rings (SSSR count). The molecule has 1 saturated carbocycles. The summed E-state index contributed by atoms with van der Waals surface area (Å²) in [4.78, 5) is 2.09. The molecule has 0 saturated heterocycles. The van der Waals surface area contributed by atoms with Gasteiger partial charge in [0.2, 0.25) is 0 Å². The minimum atomic E-state index is -0.143. The van der Waals surface area contributed by atoms with Gasteiger partial charge in [-0.25, -0.2) is 15.2 Å². The molecule has 7 heteroatoms. The number of nitrogens with zero attached hydrogens (tertiary/aromatic N) is 4. The summed E-state index contributed by atoms with van der Waals surface area (Å²) in [7, 11) is 4.08. The second kappa shape index (κ2) is 7.01. The number of nitrogens with one attached hydrogen (secondary N) is 2. The molecular weight excluding hydrogens is 328 g/mol. The molecule has 2 aromatic rings. The normalized spacial score (nSPS) is 22.0. The van der Waals surface area contributed by atoms with Crippen molar-refractivity contribution >= 4 is 17.7 Å². The van der Waals surface area contributed by atoms with Crippen molar-refractivity contribution < 1.29 is 5.11 Å². The molecule has 26 heavy (non-hydrogen) atoms. The van der Waals surface area contributed by atoms with Gasteiger partial charge in [-0.1, -0.05) is 12.1 Å². The smallest absolute Gasteiger partial charge is 0.156 e. The van der Waals surface area contributed by atoms with Crippen LogP contribution in [0.1, 0.15) is 25.7 Å². The molecule has 2 aliphatic rings. The number of rotatable bonds is 4. The lowest BCUT2D eigenvalue weighted by atomic mass is 9.94. The maximum Gasteiger partial charge on any atom is 0.156 e.